The van der Waals surface area contributed by atoms with Crippen LogP contribution in [-0.4, -0.2) is 0 Å². The summed E-state index contributed by atoms with van der Waals surface area (Å²) in [5.41, 5.74) is 13.6. The minimum absolute atomic E-state index is 0.800. The van der Waals surface area contributed by atoms with Crippen LogP contribution in [0.5, 0.6) is 0 Å². The highest BCUT2D eigenvalue weighted by Gasteiger charge is 2.09. The molecule has 0 aromatic heterocycles. The Labute approximate surface area is 104 Å². The van der Waals surface area contributed by atoms with E-state index in [1.54, 1.807) is 0 Å². The van der Waals surface area contributed by atoms with Crippen LogP contribution in [0.4, 0.5) is 11.4 Å². The molecule has 0 bridgehead atoms. The van der Waals surface area contributed by atoms with Crippen LogP contribution in [0.2, 0.25) is 0 Å². The SMILES string of the molecule is Nc1cc2ccc3ccc(N)c4ccc(c1)c2c34. The van der Waals surface area contributed by atoms with E-state index >= 15 is 0 Å². The molecule has 2 heteroatoms. The van der Waals surface area contributed by atoms with Gasteiger partial charge < -0.3 is 11.5 Å². The highest BCUT2D eigenvalue weighted by Crippen LogP contribution is 2.37. The van der Waals surface area contributed by atoms with E-state index in [0.29, 0.717) is 0 Å². The minimum atomic E-state index is 0.800. The number of nitrogen functional groups attached to an aromatic ring is 2. The molecule has 4 rings (SSSR count). The van der Waals surface area contributed by atoms with Crippen LogP contribution in [0.25, 0.3) is 32.3 Å². The Balaban J connectivity index is 2.44. The van der Waals surface area contributed by atoms with Crippen LogP contribution in [0.15, 0.2) is 48.5 Å². The van der Waals surface area contributed by atoms with Crippen molar-refractivity contribution < 1.29 is 0 Å². The maximum absolute atomic E-state index is 6.07. The van der Waals surface area contributed by atoms with Gasteiger partial charge in [0.05, 0.1) is 0 Å². The predicted molar refractivity (Wildman–Crippen MR) is 79.0 cm³/mol. The third kappa shape index (κ3) is 1.07. The second-order valence-corrected chi connectivity index (χ2v) is 4.77. The number of hydrogen-bond acceptors (Lipinski definition) is 2. The lowest BCUT2D eigenvalue weighted by Crippen LogP contribution is -1.91. The maximum atomic E-state index is 6.07. The van der Waals surface area contributed by atoms with Crippen molar-refractivity contribution in [3.05, 3.63) is 48.5 Å². The molecule has 2 nitrogen and oxygen atoms in total. The molecule has 4 aromatic rings. The summed E-state index contributed by atoms with van der Waals surface area (Å²) in [6.45, 7) is 0. The first-order valence-electron chi connectivity index (χ1n) is 5.96. The van der Waals surface area contributed by atoms with Crippen molar-refractivity contribution in [2.24, 2.45) is 0 Å². The summed E-state index contributed by atoms with van der Waals surface area (Å²) in [6.07, 6.45) is 0. The number of benzene rings is 4. The third-order valence-corrected chi connectivity index (χ3v) is 3.66. The highest BCUT2D eigenvalue weighted by atomic mass is 14.6. The molecule has 0 fully saturated rings. The largest absolute Gasteiger partial charge is 0.399 e. The van der Waals surface area contributed by atoms with Gasteiger partial charge in [0.2, 0.25) is 0 Å². The summed E-state index contributed by atoms with van der Waals surface area (Å²) < 4.78 is 0. The summed E-state index contributed by atoms with van der Waals surface area (Å²) in [6, 6.07) is 16.5. The Morgan fingerprint density at radius 2 is 1.22 bits per heavy atom. The van der Waals surface area contributed by atoms with Gasteiger partial charge in [-0.1, -0.05) is 30.3 Å². The predicted octanol–water partition coefficient (Wildman–Crippen LogP) is 3.75. The molecule has 0 radical (unpaired) electrons. The number of hydrogen-bond donors (Lipinski definition) is 2. The zero-order valence-corrected chi connectivity index (χ0v) is 9.77. The van der Waals surface area contributed by atoms with E-state index in [1.165, 1.54) is 26.9 Å². The average molecular weight is 232 g/mol. The van der Waals surface area contributed by atoms with Gasteiger partial charge in [-0.15, -0.1) is 0 Å². The quantitative estimate of drug-likeness (QED) is 0.358. The monoisotopic (exact) mass is 232 g/mol. The number of rotatable bonds is 0. The first-order chi connectivity index (χ1) is 8.74. The van der Waals surface area contributed by atoms with E-state index in [-0.39, 0.29) is 0 Å². The lowest BCUT2D eigenvalue weighted by atomic mass is 9.93. The van der Waals surface area contributed by atoms with Gasteiger partial charge in [0.1, 0.15) is 0 Å². The second kappa shape index (κ2) is 3.05. The van der Waals surface area contributed by atoms with Gasteiger partial charge in [-0.2, -0.15) is 0 Å². The van der Waals surface area contributed by atoms with Crippen LogP contribution in [0.3, 0.4) is 0 Å². The first-order valence-corrected chi connectivity index (χ1v) is 5.96. The topological polar surface area (TPSA) is 52.0 Å². The summed E-state index contributed by atoms with van der Waals surface area (Å²) in [4.78, 5) is 0. The van der Waals surface area contributed by atoms with Crippen LogP contribution < -0.4 is 11.5 Å². The zero-order chi connectivity index (χ0) is 12.3. The number of nitrogens with two attached hydrogens (primary N) is 2. The average Bonchev–Trinajstić information content (AvgIpc) is 2.37. The van der Waals surface area contributed by atoms with Crippen molar-refractivity contribution in [3.8, 4) is 0 Å². The summed E-state index contributed by atoms with van der Waals surface area (Å²) in [5.74, 6) is 0. The standard InChI is InChI=1S/C16H12N2/c17-12-7-10-2-1-9-4-6-14(18)13-5-3-11(8-12)15(10)16(9)13/h1-8H,17-18H2. The van der Waals surface area contributed by atoms with Gasteiger partial charge in [0.15, 0.2) is 0 Å². The van der Waals surface area contributed by atoms with Gasteiger partial charge in [-0.3, -0.25) is 0 Å². The van der Waals surface area contributed by atoms with Crippen LogP contribution >= 0.6 is 0 Å². The van der Waals surface area contributed by atoms with Crippen molar-refractivity contribution in [1.82, 2.24) is 0 Å². The molecule has 0 saturated heterocycles. The normalized spacial score (nSPS) is 11.8. The van der Waals surface area contributed by atoms with Crippen molar-refractivity contribution in [2.75, 3.05) is 11.5 Å². The molecule has 4 aromatic carbocycles. The van der Waals surface area contributed by atoms with Crippen LogP contribution in [0, 0.1) is 0 Å². The fourth-order valence-corrected chi connectivity index (χ4v) is 2.87. The molecule has 86 valence electrons. The second-order valence-electron chi connectivity index (χ2n) is 4.77. The molecule has 0 aliphatic carbocycles. The molecule has 0 unspecified atom stereocenters. The molecule has 0 spiro atoms. The fraction of sp³-hybridized carbons (Fsp3) is 0. The molecule has 18 heavy (non-hydrogen) atoms. The van der Waals surface area contributed by atoms with Gasteiger partial charge in [-0.05, 0) is 45.1 Å². The molecule has 0 heterocycles. The lowest BCUT2D eigenvalue weighted by Gasteiger charge is -2.12. The molecule has 0 aliphatic heterocycles. The highest BCUT2D eigenvalue weighted by molar-refractivity contribution is 6.25. The van der Waals surface area contributed by atoms with Crippen molar-refractivity contribution >= 4 is 43.7 Å². The Morgan fingerprint density at radius 1 is 0.611 bits per heavy atom. The summed E-state index contributed by atoms with van der Waals surface area (Å²) in [5, 5.41) is 7.19. The summed E-state index contributed by atoms with van der Waals surface area (Å²) >= 11 is 0. The Morgan fingerprint density at radius 3 is 2.00 bits per heavy atom. The molecule has 0 aliphatic rings. The van der Waals surface area contributed by atoms with Crippen molar-refractivity contribution in [2.45, 2.75) is 0 Å². The Hall–Kier alpha value is -2.48. The van der Waals surface area contributed by atoms with E-state index in [9.17, 15) is 0 Å². The first kappa shape index (κ1) is 9.54. The smallest absolute Gasteiger partial charge is 0.0394 e. The van der Waals surface area contributed by atoms with E-state index in [2.05, 4.69) is 30.3 Å². The van der Waals surface area contributed by atoms with Crippen molar-refractivity contribution in [3.63, 3.8) is 0 Å². The van der Waals surface area contributed by atoms with Gasteiger partial charge >= 0.3 is 0 Å². The Kier molecular flexibility index (Phi) is 1.61. The maximum Gasteiger partial charge on any atom is 0.0394 e. The van der Waals surface area contributed by atoms with E-state index in [0.717, 1.165) is 16.8 Å². The number of anilines is 2. The lowest BCUT2D eigenvalue weighted by molar-refractivity contribution is 1.75. The molecule has 0 saturated carbocycles. The van der Waals surface area contributed by atoms with Gasteiger partial charge in [0, 0.05) is 16.8 Å². The van der Waals surface area contributed by atoms with Gasteiger partial charge in [-0.25, -0.2) is 0 Å². The van der Waals surface area contributed by atoms with Gasteiger partial charge in [0.25, 0.3) is 0 Å². The zero-order valence-electron chi connectivity index (χ0n) is 9.77. The molecule has 0 amide bonds. The molecular formula is C16H12N2. The summed E-state index contributed by atoms with van der Waals surface area (Å²) in [7, 11) is 0. The molecular weight excluding hydrogens is 220 g/mol. The third-order valence-electron chi connectivity index (χ3n) is 3.66. The van der Waals surface area contributed by atoms with E-state index in [4.69, 9.17) is 11.5 Å². The Bertz CT molecular complexity index is 875. The van der Waals surface area contributed by atoms with Crippen molar-refractivity contribution in [1.29, 1.82) is 0 Å². The van der Waals surface area contributed by atoms with Crippen LogP contribution in [-0.2, 0) is 0 Å². The fourth-order valence-electron chi connectivity index (χ4n) is 2.87. The molecule has 4 N–H and O–H groups in total. The van der Waals surface area contributed by atoms with Crippen LogP contribution in [0.1, 0.15) is 0 Å². The van der Waals surface area contributed by atoms with E-state index < -0.39 is 0 Å². The minimum Gasteiger partial charge on any atom is -0.399 e. The van der Waals surface area contributed by atoms with E-state index in [1.807, 2.05) is 18.2 Å². The molecule has 0 atom stereocenters.